The summed E-state index contributed by atoms with van der Waals surface area (Å²) >= 11 is 0. The van der Waals surface area contributed by atoms with Crippen LogP contribution in [-0.4, -0.2) is 35.6 Å². The van der Waals surface area contributed by atoms with Gasteiger partial charge in [-0.2, -0.15) is 0 Å². The van der Waals surface area contributed by atoms with Crippen LogP contribution < -0.4 is 10.1 Å². The molecule has 0 saturated heterocycles. The van der Waals surface area contributed by atoms with Gasteiger partial charge in [-0.25, -0.2) is 4.98 Å². The number of carbonyl (C=O) groups excluding carboxylic acids is 1. The number of nitrogens with zero attached hydrogens (tertiary/aromatic N) is 1. The Bertz CT molecular complexity index is 492. The van der Waals surface area contributed by atoms with Gasteiger partial charge in [0.1, 0.15) is 0 Å². The van der Waals surface area contributed by atoms with Gasteiger partial charge in [-0.05, 0) is 18.9 Å². The summed E-state index contributed by atoms with van der Waals surface area (Å²) in [6.07, 6.45) is 4.43. The van der Waals surface area contributed by atoms with Gasteiger partial charge in [0.25, 0.3) is 5.91 Å². The number of hydrogen-bond donors (Lipinski definition) is 2. The Hall–Kier alpha value is -2.11. The molecule has 2 rings (SSSR count). The minimum atomic E-state index is -0.830. The summed E-state index contributed by atoms with van der Waals surface area (Å²) in [5.41, 5.74) is -0.417. The molecule has 0 aliphatic heterocycles. The van der Waals surface area contributed by atoms with E-state index < -0.39 is 11.4 Å². The second-order valence-corrected chi connectivity index (χ2v) is 5.06. The van der Waals surface area contributed by atoms with Crippen molar-refractivity contribution in [2.45, 2.75) is 25.7 Å². The molecule has 1 heterocycles. The van der Waals surface area contributed by atoms with E-state index in [0.717, 1.165) is 12.8 Å². The van der Waals surface area contributed by atoms with Crippen molar-refractivity contribution >= 4 is 11.9 Å². The van der Waals surface area contributed by atoms with Crippen molar-refractivity contribution < 1.29 is 19.4 Å². The number of carboxylic acid groups (broad SMARTS) is 1. The van der Waals surface area contributed by atoms with Crippen molar-refractivity contribution in [1.82, 2.24) is 10.3 Å². The first-order chi connectivity index (χ1) is 9.57. The third-order valence-corrected chi connectivity index (χ3v) is 3.81. The van der Waals surface area contributed by atoms with Crippen molar-refractivity contribution in [3.63, 3.8) is 0 Å². The van der Waals surface area contributed by atoms with Gasteiger partial charge in [-0.3, -0.25) is 9.59 Å². The van der Waals surface area contributed by atoms with Gasteiger partial charge in [-0.15, -0.1) is 0 Å². The Morgan fingerprint density at radius 2 is 2.10 bits per heavy atom. The monoisotopic (exact) mass is 278 g/mol. The molecule has 2 N–H and O–H groups in total. The molecule has 1 aliphatic carbocycles. The van der Waals surface area contributed by atoms with E-state index >= 15 is 0 Å². The fourth-order valence-corrected chi connectivity index (χ4v) is 2.50. The summed E-state index contributed by atoms with van der Waals surface area (Å²) in [6.45, 7) is 0.160. The summed E-state index contributed by atoms with van der Waals surface area (Å²) in [7, 11) is 1.50. The SMILES string of the molecule is COc1ccc(C(=O)NCC2(C(=O)O)CCCC2)cn1. The molecule has 1 amide bonds. The molecule has 1 aromatic heterocycles. The largest absolute Gasteiger partial charge is 0.481 e. The van der Waals surface area contributed by atoms with E-state index in [0.29, 0.717) is 24.3 Å². The number of nitrogens with one attached hydrogen (secondary N) is 1. The Morgan fingerprint density at radius 1 is 1.40 bits per heavy atom. The van der Waals surface area contributed by atoms with Crippen molar-refractivity contribution in [1.29, 1.82) is 0 Å². The van der Waals surface area contributed by atoms with Gasteiger partial charge in [-0.1, -0.05) is 12.8 Å². The number of amides is 1. The van der Waals surface area contributed by atoms with Crippen LogP contribution in [0.15, 0.2) is 18.3 Å². The Morgan fingerprint density at radius 3 is 2.60 bits per heavy atom. The number of pyridine rings is 1. The summed E-state index contributed by atoms with van der Waals surface area (Å²) < 4.78 is 4.92. The fraction of sp³-hybridized carbons (Fsp3) is 0.500. The molecule has 1 aliphatic rings. The van der Waals surface area contributed by atoms with Gasteiger partial charge in [0.05, 0.1) is 18.1 Å². The quantitative estimate of drug-likeness (QED) is 0.851. The molecule has 0 radical (unpaired) electrons. The second kappa shape index (κ2) is 5.90. The van der Waals surface area contributed by atoms with Crippen LogP contribution in [0.4, 0.5) is 0 Å². The zero-order chi connectivity index (χ0) is 14.6. The number of hydrogen-bond acceptors (Lipinski definition) is 4. The number of methoxy groups -OCH3 is 1. The Labute approximate surface area is 117 Å². The zero-order valence-corrected chi connectivity index (χ0v) is 11.4. The average Bonchev–Trinajstić information content (AvgIpc) is 2.95. The van der Waals surface area contributed by atoms with Crippen molar-refractivity contribution in [2.24, 2.45) is 5.41 Å². The van der Waals surface area contributed by atoms with E-state index in [9.17, 15) is 14.7 Å². The molecule has 0 atom stereocenters. The third-order valence-electron chi connectivity index (χ3n) is 3.81. The van der Waals surface area contributed by atoms with Crippen molar-refractivity contribution in [3.05, 3.63) is 23.9 Å². The first-order valence-electron chi connectivity index (χ1n) is 6.59. The standard InChI is InChI=1S/C14H18N2O4/c1-20-11-5-4-10(8-15-11)12(17)16-9-14(13(18)19)6-2-3-7-14/h4-5,8H,2-3,6-7,9H2,1H3,(H,16,17)(H,18,19). The Kier molecular flexibility index (Phi) is 4.22. The van der Waals surface area contributed by atoms with E-state index in [1.165, 1.54) is 13.3 Å². The average molecular weight is 278 g/mol. The number of rotatable bonds is 5. The summed E-state index contributed by atoms with van der Waals surface area (Å²) in [6, 6.07) is 3.20. The van der Waals surface area contributed by atoms with Crippen LogP contribution >= 0.6 is 0 Å². The highest BCUT2D eigenvalue weighted by Crippen LogP contribution is 2.37. The lowest BCUT2D eigenvalue weighted by atomic mass is 9.86. The molecule has 0 bridgehead atoms. The van der Waals surface area contributed by atoms with E-state index in [1.807, 2.05) is 0 Å². The summed E-state index contributed by atoms with van der Waals surface area (Å²) in [4.78, 5) is 27.3. The van der Waals surface area contributed by atoms with E-state index in [2.05, 4.69) is 10.3 Å². The zero-order valence-electron chi connectivity index (χ0n) is 11.4. The van der Waals surface area contributed by atoms with Gasteiger partial charge < -0.3 is 15.2 Å². The molecule has 1 fully saturated rings. The predicted molar refractivity (Wildman–Crippen MR) is 71.7 cm³/mol. The second-order valence-electron chi connectivity index (χ2n) is 5.06. The first-order valence-corrected chi connectivity index (χ1v) is 6.59. The van der Waals surface area contributed by atoms with Crippen LogP contribution in [0, 0.1) is 5.41 Å². The first kappa shape index (κ1) is 14.3. The number of ether oxygens (including phenoxy) is 1. The minimum absolute atomic E-state index is 0.160. The normalized spacial score (nSPS) is 16.6. The smallest absolute Gasteiger partial charge is 0.311 e. The van der Waals surface area contributed by atoms with Gasteiger partial charge in [0.2, 0.25) is 5.88 Å². The highest BCUT2D eigenvalue weighted by molar-refractivity contribution is 5.94. The fourth-order valence-electron chi connectivity index (χ4n) is 2.50. The van der Waals surface area contributed by atoms with Crippen molar-refractivity contribution in [3.8, 4) is 5.88 Å². The molecule has 108 valence electrons. The van der Waals surface area contributed by atoms with Gasteiger partial charge in [0.15, 0.2) is 0 Å². The predicted octanol–water partition coefficient (Wildman–Crippen LogP) is 1.46. The minimum Gasteiger partial charge on any atom is -0.481 e. The van der Waals surface area contributed by atoms with Crippen LogP contribution in [0.3, 0.4) is 0 Å². The number of aromatic nitrogens is 1. The summed E-state index contributed by atoms with van der Waals surface area (Å²) in [5, 5.41) is 12.0. The highest BCUT2D eigenvalue weighted by atomic mass is 16.5. The molecule has 0 unspecified atom stereocenters. The number of aliphatic carboxylic acids is 1. The maximum Gasteiger partial charge on any atom is 0.311 e. The van der Waals surface area contributed by atoms with Crippen LogP contribution in [-0.2, 0) is 4.79 Å². The lowest BCUT2D eigenvalue weighted by Gasteiger charge is -2.23. The Balaban J connectivity index is 1.98. The molecule has 1 saturated carbocycles. The van der Waals surface area contributed by atoms with Crippen LogP contribution in [0.5, 0.6) is 5.88 Å². The molecule has 20 heavy (non-hydrogen) atoms. The van der Waals surface area contributed by atoms with Crippen molar-refractivity contribution in [2.75, 3.05) is 13.7 Å². The maximum atomic E-state index is 12.0. The number of carbonyl (C=O) groups is 2. The maximum absolute atomic E-state index is 12.0. The lowest BCUT2D eigenvalue weighted by Crippen LogP contribution is -2.41. The van der Waals surface area contributed by atoms with E-state index in [4.69, 9.17) is 4.74 Å². The molecular weight excluding hydrogens is 260 g/mol. The lowest BCUT2D eigenvalue weighted by molar-refractivity contribution is -0.148. The molecule has 6 heteroatoms. The van der Waals surface area contributed by atoms with E-state index in [-0.39, 0.29) is 12.5 Å². The van der Waals surface area contributed by atoms with E-state index in [1.54, 1.807) is 12.1 Å². The molecule has 6 nitrogen and oxygen atoms in total. The van der Waals surface area contributed by atoms with Gasteiger partial charge >= 0.3 is 5.97 Å². The molecule has 0 aromatic carbocycles. The van der Waals surface area contributed by atoms with Crippen LogP contribution in [0.25, 0.3) is 0 Å². The highest BCUT2D eigenvalue weighted by Gasteiger charge is 2.41. The molecular formula is C14H18N2O4. The topological polar surface area (TPSA) is 88.5 Å². The number of carboxylic acids is 1. The molecule has 0 spiro atoms. The van der Waals surface area contributed by atoms with Crippen LogP contribution in [0.2, 0.25) is 0 Å². The van der Waals surface area contributed by atoms with Gasteiger partial charge in [0, 0.05) is 18.8 Å². The molecule has 1 aromatic rings. The third kappa shape index (κ3) is 2.89. The summed E-state index contributed by atoms with van der Waals surface area (Å²) in [5.74, 6) is -0.713. The van der Waals surface area contributed by atoms with Crippen LogP contribution in [0.1, 0.15) is 36.0 Å².